The van der Waals surface area contributed by atoms with Gasteiger partial charge in [0.25, 0.3) is 0 Å². The maximum Gasteiger partial charge on any atom is 0.177 e. The Hall–Kier alpha value is -1.63. The number of unbranched alkanes of at least 4 members (excludes halogenated alkanes) is 10. The van der Waals surface area contributed by atoms with Crippen molar-refractivity contribution in [2.24, 2.45) is 21.7 Å². The van der Waals surface area contributed by atoms with E-state index in [1.807, 2.05) is 0 Å². The summed E-state index contributed by atoms with van der Waals surface area (Å²) in [7, 11) is 0. The smallest absolute Gasteiger partial charge is 0.177 e. The number of nitrogens with zero attached hydrogens (tertiary/aromatic N) is 1. The van der Waals surface area contributed by atoms with Gasteiger partial charge in [-0.3, -0.25) is 0 Å². The average molecular weight is 650 g/mol. The summed E-state index contributed by atoms with van der Waals surface area (Å²) in [5, 5.41) is 2.97. The monoisotopic (exact) mass is 650 g/mol. The van der Waals surface area contributed by atoms with Gasteiger partial charge in [0.1, 0.15) is 0 Å². The SMILES string of the molecule is CCCCCCCCC(CCCCCCCC)n1c2cc(B3CC(C)(C)C(C)(C)C3)ccc2c2ccc(B3CC(C)(C)C(C)(C)C3)cc21. The van der Waals surface area contributed by atoms with Gasteiger partial charge in [0.15, 0.2) is 13.4 Å². The third-order valence-corrected chi connectivity index (χ3v) is 14.6. The summed E-state index contributed by atoms with van der Waals surface area (Å²) >= 11 is 0. The fourth-order valence-electron chi connectivity index (χ4n) is 9.89. The summed E-state index contributed by atoms with van der Waals surface area (Å²) < 4.78 is 2.91. The van der Waals surface area contributed by atoms with Crippen molar-refractivity contribution >= 4 is 46.2 Å². The van der Waals surface area contributed by atoms with Crippen LogP contribution in [0.15, 0.2) is 36.4 Å². The van der Waals surface area contributed by atoms with E-state index in [1.165, 1.54) is 137 Å². The molecule has 1 nitrogen and oxygen atoms in total. The highest BCUT2D eigenvalue weighted by molar-refractivity contribution is 6.75. The van der Waals surface area contributed by atoms with E-state index >= 15 is 0 Å². The summed E-state index contributed by atoms with van der Waals surface area (Å²) in [6, 6.07) is 16.0. The van der Waals surface area contributed by atoms with Crippen molar-refractivity contribution in [3.05, 3.63) is 36.4 Å². The molecule has 2 aromatic carbocycles. The van der Waals surface area contributed by atoms with Gasteiger partial charge >= 0.3 is 0 Å². The van der Waals surface area contributed by atoms with Crippen LogP contribution in [0, 0.1) is 21.7 Å². The van der Waals surface area contributed by atoms with Gasteiger partial charge in [-0.25, -0.2) is 0 Å². The number of fused-ring (bicyclic) bond motifs is 3. The van der Waals surface area contributed by atoms with Crippen LogP contribution in [0.5, 0.6) is 0 Å². The van der Waals surface area contributed by atoms with E-state index in [1.54, 1.807) is 10.9 Å². The number of benzene rings is 2. The predicted molar refractivity (Wildman–Crippen MR) is 220 cm³/mol. The van der Waals surface area contributed by atoms with Crippen LogP contribution in [0.25, 0.3) is 21.8 Å². The van der Waals surface area contributed by atoms with Gasteiger partial charge in [0.05, 0.1) is 0 Å². The average Bonchev–Trinajstić information content (AvgIpc) is 3.55. The van der Waals surface area contributed by atoms with E-state index in [4.69, 9.17) is 0 Å². The van der Waals surface area contributed by atoms with Crippen molar-refractivity contribution in [1.29, 1.82) is 0 Å². The maximum atomic E-state index is 2.91. The lowest BCUT2D eigenvalue weighted by Gasteiger charge is -2.35. The number of hydrogen-bond acceptors (Lipinski definition) is 0. The molecule has 3 heteroatoms. The first kappa shape index (κ1) is 37.6. The maximum absolute atomic E-state index is 2.91. The molecule has 0 amide bonds. The standard InChI is InChI=1S/C45H73B2N/c1-11-13-15-17-19-21-23-37(24-22-20-18-16-14-12-2)48-40-29-35(46-31-42(3,4)43(5,6)32-46)25-27-38(40)39-28-26-36(30-41(39)48)47-33-44(7,8)45(9,10)34-47/h25-30,37H,11-24,31-34H2,1-10H3. The highest BCUT2D eigenvalue weighted by Crippen LogP contribution is 2.54. The highest BCUT2D eigenvalue weighted by atomic mass is 15.0. The molecule has 5 rings (SSSR count). The Morgan fingerprint density at radius 1 is 0.500 bits per heavy atom. The first-order chi connectivity index (χ1) is 22.7. The van der Waals surface area contributed by atoms with Gasteiger partial charge in [-0.15, -0.1) is 0 Å². The molecule has 3 aromatic rings. The Labute approximate surface area is 298 Å². The van der Waals surface area contributed by atoms with Crippen LogP contribution in [-0.4, -0.2) is 18.0 Å². The molecule has 0 bridgehead atoms. The van der Waals surface area contributed by atoms with Gasteiger partial charge in [0.2, 0.25) is 0 Å². The lowest BCUT2D eigenvalue weighted by molar-refractivity contribution is 0.177. The van der Waals surface area contributed by atoms with E-state index in [-0.39, 0.29) is 0 Å². The van der Waals surface area contributed by atoms with E-state index in [9.17, 15) is 0 Å². The molecule has 2 aliphatic rings. The van der Waals surface area contributed by atoms with Crippen molar-refractivity contribution in [3.63, 3.8) is 0 Å². The van der Waals surface area contributed by atoms with Crippen LogP contribution in [-0.2, 0) is 0 Å². The van der Waals surface area contributed by atoms with Crippen molar-refractivity contribution in [2.45, 2.75) is 190 Å². The lowest BCUT2D eigenvalue weighted by atomic mass is 9.42. The van der Waals surface area contributed by atoms with Crippen LogP contribution in [0.4, 0.5) is 0 Å². The lowest BCUT2D eigenvalue weighted by Crippen LogP contribution is -2.28. The number of aromatic nitrogens is 1. The Kier molecular flexibility index (Phi) is 12.0. The zero-order valence-electron chi connectivity index (χ0n) is 33.4. The van der Waals surface area contributed by atoms with Gasteiger partial charge in [-0.05, 0) is 46.6 Å². The Morgan fingerprint density at radius 3 is 1.19 bits per heavy atom. The molecule has 0 radical (unpaired) electrons. The Morgan fingerprint density at radius 2 is 0.833 bits per heavy atom. The van der Waals surface area contributed by atoms with E-state index in [0.717, 1.165) is 0 Å². The molecular formula is C45H73B2N. The Bertz CT molecular complexity index is 1350. The third-order valence-electron chi connectivity index (χ3n) is 14.6. The van der Waals surface area contributed by atoms with Crippen LogP contribution >= 0.6 is 0 Å². The molecule has 2 aliphatic heterocycles. The third kappa shape index (κ3) is 7.96. The first-order valence-corrected chi connectivity index (χ1v) is 20.8. The van der Waals surface area contributed by atoms with Gasteiger partial charge in [-0.2, -0.15) is 0 Å². The molecule has 1 aromatic heterocycles. The molecule has 2 saturated heterocycles. The molecule has 3 heterocycles. The molecule has 264 valence electrons. The Balaban J connectivity index is 1.56. The fourth-order valence-corrected chi connectivity index (χ4v) is 9.89. The first-order valence-electron chi connectivity index (χ1n) is 20.8. The predicted octanol–water partition coefficient (Wildman–Crippen LogP) is 13.4. The zero-order chi connectivity index (χ0) is 34.7. The molecule has 0 saturated carbocycles. The minimum atomic E-state index is 0.370. The van der Waals surface area contributed by atoms with Gasteiger partial charge in [0, 0.05) is 27.8 Å². The van der Waals surface area contributed by atoms with Gasteiger partial charge in [-0.1, -0.05) is 207 Å². The summed E-state index contributed by atoms with van der Waals surface area (Å²) in [5.41, 5.74) is 7.70. The number of rotatable bonds is 17. The number of hydrogen-bond donors (Lipinski definition) is 0. The highest BCUT2D eigenvalue weighted by Gasteiger charge is 2.49. The van der Waals surface area contributed by atoms with Crippen LogP contribution in [0.3, 0.4) is 0 Å². The van der Waals surface area contributed by atoms with Crippen molar-refractivity contribution in [2.75, 3.05) is 0 Å². The minimum absolute atomic E-state index is 0.370. The molecule has 0 spiro atoms. The quantitative estimate of drug-likeness (QED) is 0.101. The second kappa shape index (κ2) is 15.3. The van der Waals surface area contributed by atoms with Crippen LogP contribution in [0.1, 0.15) is 165 Å². The van der Waals surface area contributed by atoms with Crippen LogP contribution in [0.2, 0.25) is 25.3 Å². The van der Waals surface area contributed by atoms with E-state index in [2.05, 4.69) is 110 Å². The summed E-state index contributed by atoms with van der Waals surface area (Å²) in [6.45, 7) is 26.0. The largest absolute Gasteiger partial charge is 0.337 e. The molecule has 0 unspecified atom stereocenters. The minimum Gasteiger partial charge on any atom is -0.337 e. The van der Waals surface area contributed by atoms with Crippen molar-refractivity contribution in [1.82, 2.24) is 4.57 Å². The van der Waals surface area contributed by atoms with Crippen molar-refractivity contribution < 1.29 is 0 Å². The summed E-state index contributed by atoms with van der Waals surface area (Å²) in [4.78, 5) is 0. The zero-order valence-corrected chi connectivity index (χ0v) is 33.4. The second-order valence-electron chi connectivity index (χ2n) is 19.4. The summed E-state index contributed by atoms with van der Waals surface area (Å²) in [5.74, 6) is 0. The van der Waals surface area contributed by atoms with E-state index < -0.39 is 0 Å². The van der Waals surface area contributed by atoms with E-state index in [0.29, 0.717) is 41.1 Å². The summed E-state index contributed by atoms with van der Waals surface area (Å²) in [6.07, 6.45) is 24.4. The molecule has 2 fully saturated rings. The topological polar surface area (TPSA) is 4.93 Å². The second-order valence-corrected chi connectivity index (χ2v) is 19.4. The molecule has 48 heavy (non-hydrogen) atoms. The van der Waals surface area contributed by atoms with Crippen molar-refractivity contribution in [3.8, 4) is 0 Å². The fraction of sp³-hybridized carbons (Fsp3) is 0.733. The van der Waals surface area contributed by atoms with Gasteiger partial charge < -0.3 is 4.57 Å². The molecule has 0 aliphatic carbocycles. The molecule has 0 N–H and O–H groups in total. The normalized spacial score (nSPS) is 19.8. The molecular weight excluding hydrogens is 576 g/mol. The molecule has 0 atom stereocenters. The van der Waals surface area contributed by atoms with Crippen LogP contribution < -0.4 is 10.9 Å².